The van der Waals surface area contributed by atoms with Gasteiger partial charge in [0, 0.05) is 13.1 Å². The lowest BCUT2D eigenvalue weighted by Gasteiger charge is -2.28. The lowest BCUT2D eigenvalue weighted by Crippen LogP contribution is -2.33. The number of hydrogen-bond acceptors (Lipinski definition) is 2. The molecule has 2 heteroatoms. The summed E-state index contributed by atoms with van der Waals surface area (Å²) in [6, 6.07) is 0. The van der Waals surface area contributed by atoms with Crippen molar-refractivity contribution in [3.05, 3.63) is 0 Å². The Labute approximate surface area is 115 Å². The normalized spacial score (nSPS) is 18.2. The molecule has 1 saturated heterocycles. The molecule has 0 unspecified atom stereocenters. The highest BCUT2D eigenvalue weighted by atomic mass is 15.1. The van der Waals surface area contributed by atoms with Gasteiger partial charge in [-0.15, -0.1) is 0 Å². The summed E-state index contributed by atoms with van der Waals surface area (Å²) in [7, 11) is 0. The molecule has 0 saturated carbocycles. The first-order chi connectivity index (χ1) is 8.58. The van der Waals surface area contributed by atoms with Gasteiger partial charge in [-0.25, -0.2) is 0 Å². The highest BCUT2D eigenvalue weighted by Gasteiger charge is 2.14. The van der Waals surface area contributed by atoms with Gasteiger partial charge in [-0.1, -0.05) is 27.7 Å². The fourth-order valence-electron chi connectivity index (χ4n) is 3.06. The Bertz CT molecular complexity index is 185. The molecule has 0 spiro atoms. The summed E-state index contributed by atoms with van der Waals surface area (Å²) in [5.41, 5.74) is 0. The Hall–Kier alpha value is -0.0800. The molecule has 0 amide bonds. The van der Waals surface area contributed by atoms with Gasteiger partial charge in [0.2, 0.25) is 0 Å². The van der Waals surface area contributed by atoms with Gasteiger partial charge in [0.1, 0.15) is 0 Å². The summed E-state index contributed by atoms with van der Waals surface area (Å²) < 4.78 is 0. The van der Waals surface area contributed by atoms with Crippen molar-refractivity contribution in [2.45, 2.75) is 53.4 Å². The third kappa shape index (κ3) is 7.38. The zero-order valence-electron chi connectivity index (χ0n) is 13.0. The molecule has 0 aromatic heterocycles. The maximum absolute atomic E-state index is 3.46. The molecule has 18 heavy (non-hydrogen) atoms. The van der Waals surface area contributed by atoms with E-state index in [0.717, 1.165) is 17.8 Å². The van der Waals surface area contributed by atoms with Gasteiger partial charge < -0.3 is 10.2 Å². The number of piperidine rings is 1. The van der Waals surface area contributed by atoms with E-state index in [1.807, 2.05) is 0 Å². The molecule has 0 aromatic rings. The summed E-state index contributed by atoms with van der Waals surface area (Å²) in [5.74, 6) is 2.58. The molecule has 0 aromatic carbocycles. The van der Waals surface area contributed by atoms with E-state index in [0.29, 0.717) is 0 Å². The maximum atomic E-state index is 3.46. The molecule has 1 rings (SSSR count). The third-order valence-electron chi connectivity index (χ3n) is 3.79. The Morgan fingerprint density at radius 1 is 1.00 bits per heavy atom. The summed E-state index contributed by atoms with van der Waals surface area (Å²) >= 11 is 0. The largest absolute Gasteiger partial charge is 0.317 e. The maximum Gasteiger partial charge on any atom is 0.000449 e. The smallest absolute Gasteiger partial charge is 0.000449 e. The Morgan fingerprint density at radius 2 is 1.56 bits per heavy atom. The van der Waals surface area contributed by atoms with Crippen molar-refractivity contribution in [3.63, 3.8) is 0 Å². The fourth-order valence-corrected chi connectivity index (χ4v) is 3.06. The van der Waals surface area contributed by atoms with Gasteiger partial charge >= 0.3 is 0 Å². The van der Waals surface area contributed by atoms with E-state index in [2.05, 4.69) is 37.9 Å². The van der Waals surface area contributed by atoms with Crippen LogP contribution in [0.15, 0.2) is 0 Å². The van der Waals surface area contributed by atoms with E-state index >= 15 is 0 Å². The van der Waals surface area contributed by atoms with Crippen molar-refractivity contribution in [3.8, 4) is 0 Å². The second-order valence-electron chi connectivity index (χ2n) is 6.88. The molecule has 0 bridgehead atoms. The molecular weight excluding hydrogens is 220 g/mol. The monoisotopic (exact) mass is 254 g/mol. The molecule has 2 nitrogen and oxygen atoms in total. The van der Waals surface area contributed by atoms with Crippen molar-refractivity contribution in [1.82, 2.24) is 10.2 Å². The van der Waals surface area contributed by atoms with Crippen LogP contribution in [0.25, 0.3) is 0 Å². The molecule has 0 atom stereocenters. The molecule has 0 aliphatic carbocycles. The topological polar surface area (TPSA) is 15.3 Å². The molecule has 1 aliphatic rings. The van der Waals surface area contributed by atoms with E-state index in [-0.39, 0.29) is 0 Å². The summed E-state index contributed by atoms with van der Waals surface area (Å²) in [6.07, 6.45) is 5.63. The first kappa shape index (κ1) is 16.0. The second-order valence-corrected chi connectivity index (χ2v) is 6.88. The Kier molecular flexibility index (Phi) is 7.92. The van der Waals surface area contributed by atoms with E-state index < -0.39 is 0 Å². The molecule has 0 radical (unpaired) electrons. The fraction of sp³-hybridized carbons (Fsp3) is 1.00. The summed E-state index contributed by atoms with van der Waals surface area (Å²) in [6.45, 7) is 15.7. The van der Waals surface area contributed by atoms with Crippen molar-refractivity contribution < 1.29 is 0 Å². The van der Waals surface area contributed by atoms with Crippen LogP contribution in [-0.4, -0.2) is 37.6 Å². The van der Waals surface area contributed by atoms with Crippen LogP contribution >= 0.6 is 0 Å². The molecule has 108 valence electrons. The number of nitrogens with one attached hydrogen (secondary N) is 1. The van der Waals surface area contributed by atoms with Crippen molar-refractivity contribution in [2.24, 2.45) is 17.8 Å². The summed E-state index contributed by atoms with van der Waals surface area (Å²) in [4.78, 5) is 2.68. The quantitative estimate of drug-likeness (QED) is 0.714. The lowest BCUT2D eigenvalue weighted by molar-refractivity contribution is 0.207. The lowest BCUT2D eigenvalue weighted by atomic mass is 9.93. The van der Waals surface area contributed by atoms with Crippen molar-refractivity contribution in [2.75, 3.05) is 32.7 Å². The SMILES string of the molecule is CC(C)CN(CCCC1CCNCC1)CC(C)C. The first-order valence-electron chi connectivity index (χ1n) is 8.01. The van der Waals surface area contributed by atoms with E-state index in [9.17, 15) is 0 Å². The highest BCUT2D eigenvalue weighted by Crippen LogP contribution is 2.18. The second kappa shape index (κ2) is 8.92. The van der Waals surface area contributed by atoms with Crippen LogP contribution in [0.4, 0.5) is 0 Å². The number of hydrogen-bond donors (Lipinski definition) is 1. The third-order valence-corrected chi connectivity index (χ3v) is 3.79. The van der Waals surface area contributed by atoms with Gasteiger partial charge in [0.05, 0.1) is 0 Å². The standard InChI is InChI=1S/C16H34N2/c1-14(2)12-18(13-15(3)4)11-5-6-16-7-9-17-10-8-16/h14-17H,5-13H2,1-4H3. The average Bonchev–Trinajstić information content (AvgIpc) is 2.28. The minimum absolute atomic E-state index is 0.794. The average molecular weight is 254 g/mol. The van der Waals surface area contributed by atoms with Crippen LogP contribution in [0, 0.1) is 17.8 Å². The molecule has 1 N–H and O–H groups in total. The minimum atomic E-state index is 0.794. The van der Waals surface area contributed by atoms with Crippen molar-refractivity contribution >= 4 is 0 Å². The zero-order valence-corrected chi connectivity index (χ0v) is 13.0. The van der Waals surface area contributed by atoms with Crippen LogP contribution in [0.2, 0.25) is 0 Å². The van der Waals surface area contributed by atoms with Gasteiger partial charge in [-0.05, 0) is 63.1 Å². The number of rotatable bonds is 8. The molecular formula is C16H34N2. The van der Waals surface area contributed by atoms with Crippen LogP contribution in [0.3, 0.4) is 0 Å². The van der Waals surface area contributed by atoms with Gasteiger partial charge in [-0.2, -0.15) is 0 Å². The van der Waals surface area contributed by atoms with Gasteiger partial charge in [-0.3, -0.25) is 0 Å². The predicted octanol–water partition coefficient (Wildman–Crippen LogP) is 3.38. The van der Waals surface area contributed by atoms with E-state index in [4.69, 9.17) is 0 Å². The summed E-state index contributed by atoms with van der Waals surface area (Å²) in [5, 5.41) is 3.46. The molecule has 1 fully saturated rings. The van der Waals surface area contributed by atoms with Crippen LogP contribution in [0.1, 0.15) is 53.4 Å². The van der Waals surface area contributed by atoms with E-state index in [1.54, 1.807) is 0 Å². The Morgan fingerprint density at radius 3 is 2.06 bits per heavy atom. The van der Waals surface area contributed by atoms with Crippen LogP contribution in [0.5, 0.6) is 0 Å². The molecule has 1 heterocycles. The zero-order chi connectivity index (χ0) is 13.4. The van der Waals surface area contributed by atoms with Gasteiger partial charge in [0.25, 0.3) is 0 Å². The van der Waals surface area contributed by atoms with Gasteiger partial charge in [0.15, 0.2) is 0 Å². The predicted molar refractivity (Wildman–Crippen MR) is 80.9 cm³/mol. The Balaban J connectivity index is 2.18. The van der Waals surface area contributed by atoms with Crippen LogP contribution in [-0.2, 0) is 0 Å². The van der Waals surface area contributed by atoms with Crippen LogP contribution < -0.4 is 5.32 Å². The van der Waals surface area contributed by atoms with E-state index in [1.165, 1.54) is 58.4 Å². The first-order valence-corrected chi connectivity index (χ1v) is 8.01. The minimum Gasteiger partial charge on any atom is -0.317 e. The highest BCUT2D eigenvalue weighted by molar-refractivity contribution is 4.70. The number of nitrogens with zero attached hydrogens (tertiary/aromatic N) is 1. The van der Waals surface area contributed by atoms with Crippen molar-refractivity contribution in [1.29, 1.82) is 0 Å². The molecule has 1 aliphatic heterocycles.